The summed E-state index contributed by atoms with van der Waals surface area (Å²) in [4.78, 5) is 51.9. The van der Waals surface area contributed by atoms with Crippen LogP contribution < -0.4 is 10.6 Å². The van der Waals surface area contributed by atoms with Gasteiger partial charge in [-0.25, -0.2) is 8.78 Å². The highest BCUT2D eigenvalue weighted by Gasteiger charge is 2.45. The standard InChI is InChI=1S/C19H20F2N4O4/c20-19(21)9-22-6-7-24(10-19)8-11-2-1-3-12-15(11)18(29)25(17(12)28)13-4-5-14(26)23-16(13)27/h1-3,13,22H,4-10H2,(H,23,26,27). The van der Waals surface area contributed by atoms with Gasteiger partial charge >= 0.3 is 0 Å². The van der Waals surface area contributed by atoms with Gasteiger partial charge in [-0.15, -0.1) is 0 Å². The summed E-state index contributed by atoms with van der Waals surface area (Å²) in [6.45, 7) is -0.0133. The van der Waals surface area contributed by atoms with E-state index in [1.165, 1.54) is 6.07 Å². The van der Waals surface area contributed by atoms with E-state index in [1.54, 1.807) is 17.0 Å². The van der Waals surface area contributed by atoms with Crippen LogP contribution in [0.15, 0.2) is 18.2 Å². The second-order valence-electron chi connectivity index (χ2n) is 7.53. The molecule has 0 radical (unpaired) electrons. The number of carbonyl (C=O) groups excluding carboxylic acids is 4. The molecule has 1 aromatic carbocycles. The molecule has 2 fully saturated rings. The van der Waals surface area contributed by atoms with E-state index in [4.69, 9.17) is 0 Å². The molecule has 4 amide bonds. The van der Waals surface area contributed by atoms with Crippen LogP contribution in [0.3, 0.4) is 0 Å². The molecule has 3 aliphatic heterocycles. The molecule has 1 atom stereocenters. The molecule has 0 aliphatic carbocycles. The van der Waals surface area contributed by atoms with Gasteiger partial charge in [-0.3, -0.25) is 34.3 Å². The van der Waals surface area contributed by atoms with E-state index in [-0.39, 0.29) is 30.5 Å². The van der Waals surface area contributed by atoms with Crippen LogP contribution in [0.25, 0.3) is 0 Å². The third-order valence-corrected chi connectivity index (χ3v) is 5.39. The van der Waals surface area contributed by atoms with Gasteiger partial charge in [0.05, 0.1) is 24.2 Å². The van der Waals surface area contributed by atoms with E-state index >= 15 is 0 Å². The number of nitrogens with one attached hydrogen (secondary N) is 2. The topological polar surface area (TPSA) is 98.8 Å². The predicted molar refractivity (Wildman–Crippen MR) is 96.2 cm³/mol. The molecule has 2 saturated heterocycles. The molecular weight excluding hydrogens is 386 g/mol. The van der Waals surface area contributed by atoms with Crippen molar-refractivity contribution in [3.8, 4) is 0 Å². The van der Waals surface area contributed by atoms with E-state index < -0.39 is 48.7 Å². The summed E-state index contributed by atoms with van der Waals surface area (Å²) in [5.74, 6) is -5.26. The van der Waals surface area contributed by atoms with Gasteiger partial charge in [0.25, 0.3) is 17.7 Å². The maximum Gasteiger partial charge on any atom is 0.272 e. The average molecular weight is 406 g/mol. The van der Waals surface area contributed by atoms with Crippen LogP contribution in [-0.4, -0.2) is 71.6 Å². The lowest BCUT2D eigenvalue weighted by Gasteiger charge is -2.28. The van der Waals surface area contributed by atoms with Crippen molar-refractivity contribution in [1.29, 1.82) is 0 Å². The van der Waals surface area contributed by atoms with Crippen LogP contribution in [0.2, 0.25) is 0 Å². The number of fused-ring (bicyclic) bond motifs is 1. The first-order valence-electron chi connectivity index (χ1n) is 9.41. The number of rotatable bonds is 3. The van der Waals surface area contributed by atoms with Gasteiger partial charge in [-0.2, -0.15) is 0 Å². The van der Waals surface area contributed by atoms with E-state index in [9.17, 15) is 28.0 Å². The van der Waals surface area contributed by atoms with Gasteiger partial charge in [0.2, 0.25) is 11.8 Å². The Bertz CT molecular complexity index is 904. The van der Waals surface area contributed by atoms with Crippen LogP contribution in [0.4, 0.5) is 8.78 Å². The van der Waals surface area contributed by atoms with Crippen LogP contribution in [0.5, 0.6) is 0 Å². The Hall–Kier alpha value is -2.72. The highest BCUT2D eigenvalue weighted by atomic mass is 19.3. The minimum atomic E-state index is -2.90. The number of amides is 4. The predicted octanol–water partition coefficient (Wildman–Crippen LogP) is 0.128. The first-order valence-corrected chi connectivity index (χ1v) is 9.41. The van der Waals surface area contributed by atoms with E-state index in [1.807, 2.05) is 0 Å². The molecule has 0 saturated carbocycles. The number of hydrogen-bond acceptors (Lipinski definition) is 6. The van der Waals surface area contributed by atoms with Crippen molar-refractivity contribution in [2.75, 3.05) is 26.2 Å². The molecule has 10 heteroatoms. The molecule has 0 bridgehead atoms. The Morgan fingerprint density at radius 3 is 2.69 bits per heavy atom. The summed E-state index contributed by atoms with van der Waals surface area (Å²) >= 11 is 0. The highest BCUT2D eigenvalue weighted by molar-refractivity contribution is 6.24. The Balaban J connectivity index is 1.61. The lowest BCUT2D eigenvalue weighted by molar-refractivity contribution is -0.136. The number of hydrogen-bond donors (Lipinski definition) is 2. The summed E-state index contributed by atoms with van der Waals surface area (Å²) < 4.78 is 27.8. The average Bonchev–Trinajstić information content (AvgIpc) is 2.79. The summed E-state index contributed by atoms with van der Waals surface area (Å²) in [6.07, 6.45) is 0.0992. The number of alkyl halides is 2. The molecule has 1 unspecified atom stereocenters. The highest BCUT2D eigenvalue weighted by Crippen LogP contribution is 2.31. The minimum Gasteiger partial charge on any atom is -0.310 e. The fraction of sp³-hybridized carbons (Fsp3) is 0.474. The van der Waals surface area contributed by atoms with Crippen molar-refractivity contribution < 1.29 is 28.0 Å². The smallest absolute Gasteiger partial charge is 0.272 e. The zero-order valence-electron chi connectivity index (χ0n) is 15.5. The van der Waals surface area contributed by atoms with Crippen LogP contribution in [-0.2, 0) is 16.1 Å². The Labute approximate surface area is 165 Å². The van der Waals surface area contributed by atoms with Gasteiger partial charge in [0.1, 0.15) is 6.04 Å². The Morgan fingerprint density at radius 2 is 1.93 bits per heavy atom. The van der Waals surface area contributed by atoms with E-state index in [0.29, 0.717) is 18.7 Å². The molecule has 8 nitrogen and oxygen atoms in total. The zero-order valence-corrected chi connectivity index (χ0v) is 15.5. The third-order valence-electron chi connectivity index (χ3n) is 5.39. The second kappa shape index (κ2) is 7.27. The number of piperidine rings is 1. The van der Waals surface area contributed by atoms with Crippen molar-refractivity contribution in [1.82, 2.24) is 20.4 Å². The number of imide groups is 2. The van der Waals surface area contributed by atoms with Crippen molar-refractivity contribution in [3.63, 3.8) is 0 Å². The molecule has 1 aromatic rings. The fourth-order valence-electron chi connectivity index (χ4n) is 4.06. The minimum absolute atomic E-state index is 0.0343. The van der Waals surface area contributed by atoms with Crippen LogP contribution in [0.1, 0.15) is 39.1 Å². The molecule has 0 aromatic heterocycles. The maximum atomic E-state index is 13.9. The lowest BCUT2D eigenvalue weighted by Crippen LogP contribution is -2.54. The summed E-state index contributed by atoms with van der Waals surface area (Å²) in [7, 11) is 0. The normalized spacial score (nSPS) is 25.0. The second-order valence-corrected chi connectivity index (χ2v) is 7.53. The lowest BCUT2D eigenvalue weighted by atomic mass is 10.0. The van der Waals surface area contributed by atoms with Crippen molar-refractivity contribution in [3.05, 3.63) is 34.9 Å². The number of nitrogens with zero attached hydrogens (tertiary/aromatic N) is 2. The SMILES string of the molecule is O=C1CCC(N2C(=O)c3cccc(CN4CCNCC(F)(F)C4)c3C2=O)C(=O)N1. The molecule has 154 valence electrons. The van der Waals surface area contributed by atoms with Gasteiger partial charge in [0.15, 0.2) is 0 Å². The van der Waals surface area contributed by atoms with E-state index in [0.717, 1.165) is 4.90 Å². The van der Waals surface area contributed by atoms with Crippen molar-refractivity contribution in [2.45, 2.75) is 31.4 Å². The van der Waals surface area contributed by atoms with Gasteiger partial charge in [0, 0.05) is 26.1 Å². The number of halogens is 2. The largest absolute Gasteiger partial charge is 0.310 e. The number of benzene rings is 1. The summed E-state index contributed by atoms with van der Waals surface area (Å²) in [5.41, 5.74) is 0.757. The molecule has 3 aliphatic rings. The van der Waals surface area contributed by atoms with Crippen molar-refractivity contribution in [2.24, 2.45) is 0 Å². The van der Waals surface area contributed by atoms with Gasteiger partial charge in [-0.05, 0) is 18.1 Å². The Kier molecular flexibility index (Phi) is 4.91. The quantitative estimate of drug-likeness (QED) is 0.693. The summed E-state index contributed by atoms with van der Waals surface area (Å²) in [5, 5.41) is 4.83. The monoisotopic (exact) mass is 406 g/mol. The van der Waals surface area contributed by atoms with Gasteiger partial charge in [-0.1, -0.05) is 12.1 Å². The van der Waals surface area contributed by atoms with Crippen LogP contribution in [0, 0.1) is 0 Å². The Morgan fingerprint density at radius 1 is 1.14 bits per heavy atom. The molecule has 0 spiro atoms. The first kappa shape index (κ1) is 19.6. The summed E-state index contributed by atoms with van der Waals surface area (Å²) in [6, 6.07) is 3.67. The van der Waals surface area contributed by atoms with E-state index in [2.05, 4.69) is 10.6 Å². The molecule has 4 rings (SSSR count). The molecular formula is C19H20F2N4O4. The fourth-order valence-corrected chi connectivity index (χ4v) is 4.06. The van der Waals surface area contributed by atoms with Gasteiger partial charge < -0.3 is 5.32 Å². The maximum absolute atomic E-state index is 13.9. The molecule has 3 heterocycles. The zero-order chi connectivity index (χ0) is 20.8. The van der Waals surface area contributed by atoms with Crippen molar-refractivity contribution >= 4 is 23.6 Å². The first-order chi connectivity index (χ1) is 13.8. The number of carbonyl (C=O) groups is 4. The van der Waals surface area contributed by atoms with Crippen LogP contribution >= 0.6 is 0 Å². The molecule has 29 heavy (non-hydrogen) atoms. The third kappa shape index (κ3) is 3.65. The molecule has 2 N–H and O–H groups in total.